The Morgan fingerprint density at radius 1 is 0.773 bits per heavy atom. The Hall–Kier alpha value is -0.0100. The van der Waals surface area contributed by atoms with Crippen molar-refractivity contribution in [1.29, 1.82) is 0 Å². The van der Waals surface area contributed by atoms with E-state index in [9.17, 15) is 14.4 Å². The third kappa shape index (κ3) is 7.04. The number of hydrogen-bond donors (Lipinski definition) is 2. The summed E-state index contributed by atoms with van der Waals surface area (Å²) in [5, 5.41) is 0. The van der Waals surface area contributed by atoms with Gasteiger partial charge in [0.15, 0.2) is 0 Å². The van der Waals surface area contributed by atoms with E-state index >= 15 is 0 Å². The molecule has 2 fully saturated rings. The van der Waals surface area contributed by atoms with E-state index in [0.29, 0.717) is 0 Å². The van der Waals surface area contributed by atoms with Gasteiger partial charge in [-0.2, -0.15) is 0 Å². The smallest absolute Gasteiger partial charge is 0.324 e. The fourth-order valence-electron chi connectivity index (χ4n) is 3.26. The second kappa shape index (κ2) is 8.73. The van der Waals surface area contributed by atoms with Crippen LogP contribution in [0.25, 0.3) is 0 Å². The van der Waals surface area contributed by atoms with Crippen molar-refractivity contribution in [3.63, 3.8) is 0 Å². The van der Waals surface area contributed by atoms with Crippen molar-refractivity contribution in [3.05, 3.63) is 0 Å². The number of likely N-dealkylation sites (N-methyl/N-ethyl adjacent to an activating group) is 1. The van der Waals surface area contributed by atoms with Gasteiger partial charge in [-0.15, -0.1) is 0 Å². The SMILES string of the molecule is CN1CCCN2CCN(CCCN(CP(=O)(O)O)CC2)CC1. The van der Waals surface area contributed by atoms with E-state index < -0.39 is 7.60 Å². The third-order valence-electron chi connectivity index (χ3n) is 4.61. The molecular weight excluding hydrogens is 303 g/mol. The van der Waals surface area contributed by atoms with Crippen LogP contribution in [0.4, 0.5) is 0 Å². The summed E-state index contributed by atoms with van der Waals surface area (Å²) < 4.78 is 11.3. The lowest BCUT2D eigenvalue weighted by Crippen LogP contribution is -2.46. The molecule has 130 valence electrons. The van der Waals surface area contributed by atoms with Crippen LogP contribution in [0, 0.1) is 0 Å². The van der Waals surface area contributed by atoms with Gasteiger partial charge in [0.2, 0.25) is 0 Å². The van der Waals surface area contributed by atoms with Gasteiger partial charge in [0, 0.05) is 45.8 Å². The maximum Gasteiger partial charge on any atom is 0.339 e. The lowest BCUT2D eigenvalue weighted by atomic mass is 10.2. The zero-order chi connectivity index (χ0) is 16.0. The number of fused-ring (bicyclic) bond motifs is 3. The van der Waals surface area contributed by atoms with Gasteiger partial charge in [-0.25, -0.2) is 0 Å². The summed E-state index contributed by atoms with van der Waals surface area (Å²) >= 11 is 0. The molecule has 0 amide bonds. The average Bonchev–Trinajstić information content (AvgIpc) is 2.44. The summed E-state index contributed by atoms with van der Waals surface area (Å²) in [7, 11) is -1.77. The Bertz CT molecular complexity index is 379. The highest BCUT2D eigenvalue weighted by molar-refractivity contribution is 7.51. The second-order valence-electron chi connectivity index (χ2n) is 6.62. The molecule has 2 bridgehead atoms. The fraction of sp³-hybridized carbons (Fsp3) is 1.00. The molecule has 22 heavy (non-hydrogen) atoms. The molecule has 2 saturated heterocycles. The van der Waals surface area contributed by atoms with Crippen molar-refractivity contribution in [3.8, 4) is 0 Å². The quantitative estimate of drug-likeness (QED) is 0.676. The van der Waals surface area contributed by atoms with Gasteiger partial charge in [0.1, 0.15) is 6.29 Å². The summed E-state index contributed by atoms with van der Waals surface area (Å²) in [5.74, 6) is 0. The number of hydrogen-bond acceptors (Lipinski definition) is 5. The summed E-state index contributed by atoms with van der Waals surface area (Å²) in [6.07, 6.45) is 2.03. The van der Waals surface area contributed by atoms with E-state index in [1.54, 1.807) is 0 Å². The van der Waals surface area contributed by atoms with Crippen LogP contribution < -0.4 is 0 Å². The van der Waals surface area contributed by atoms with E-state index in [2.05, 4.69) is 21.7 Å². The number of nitrogens with zero attached hydrogens (tertiary/aromatic N) is 4. The van der Waals surface area contributed by atoms with E-state index in [0.717, 1.165) is 78.3 Å². The molecule has 2 atom stereocenters. The van der Waals surface area contributed by atoms with Gasteiger partial charge >= 0.3 is 7.60 Å². The molecule has 0 radical (unpaired) electrons. The Morgan fingerprint density at radius 3 is 1.95 bits per heavy atom. The normalized spacial score (nSPS) is 31.0. The van der Waals surface area contributed by atoms with Crippen molar-refractivity contribution in [2.45, 2.75) is 12.8 Å². The molecule has 2 unspecified atom stereocenters. The Morgan fingerprint density at radius 2 is 1.32 bits per heavy atom. The first-order chi connectivity index (χ1) is 10.4. The minimum absolute atomic E-state index is 0.108. The van der Waals surface area contributed by atoms with Crippen LogP contribution in [0.15, 0.2) is 0 Å². The van der Waals surface area contributed by atoms with Crippen LogP contribution >= 0.6 is 7.60 Å². The van der Waals surface area contributed by atoms with E-state index in [1.165, 1.54) is 0 Å². The third-order valence-corrected chi connectivity index (χ3v) is 5.38. The lowest BCUT2D eigenvalue weighted by molar-refractivity contribution is 0.130. The molecule has 2 heterocycles. The highest BCUT2D eigenvalue weighted by Gasteiger charge is 2.21. The Kier molecular flexibility index (Phi) is 7.28. The molecule has 0 aromatic carbocycles. The largest absolute Gasteiger partial charge is 0.339 e. The van der Waals surface area contributed by atoms with Crippen LogP contribution in [0.1, 0.15) is 12.8 Å². The summed E-state index contributed by atoms with van der Waals surface area (Å²) in [6, 6.07) is 0. The molecule has 0 spiro atoms. The predicted molar refractivity (Wildman–Crippen MR) is 88.1 cm³/mol. The molecule has 2 aliphatic heterocycles. The molecule has 7 nitrogen and oxygen atoms in total. The van der Waals surface area contributed by atoms with Gasteiger partial charge in [-0.1, -0.05) is 0 Å². The molecule has 2 rings (SSSR count). The van der Waals surface area contributed by atoms with Crippen molar-refractivity contribution in [2.24, 2.45) is 0 Å². The van der Waals surface area contributed by atoms with Crippen molar-refractivity contribution >= 4 is 7.60 Å². The molecule has 0 aromatic heterocycles. The van der Waals surface area contributed by atoms with Gasteiger partial charge < -0.3 is 24.5 Å². The summed E-state index contributed by atoms with van der Waals surface area (Å²) in [5.41, 5.74) is 0. The average molecular weight is 334 g/mol. The van der Waals surface area contributed by atoms with Crippen LogP contribution in [-0.2, 0) is 4.57 Å². The maximum absolute atomic E-state index is 11.3. The first-order valence-corrected chi connectivity index (χ1v) is 10.1. The van der Waals surface area contributed by atoms with Gasteiger partial charge in [-0.3, -0.25) is 9.46 Å². The van der Waals surface area contributed by atoms with Gasteiger partial charge in [0.25, 0.3) is 0 Å². The van der Waals surface area contributed by atoms with E-state index in [4.69, 9.17) is 0 Å². The van der Waals surface area contributed by atoms with Crippen LogP contribution in [-0.4, -0.2) is 108 Å². The molecular formula is C14H31N4O3P. The highest BCUT2D eigenvalue weighted by atomic mass is 31.2. The summed E-state index contributed by atoms with van der Waals surface area (Å²) in [4.78, 5) is 27.8. The highest BCUT2D eigenvalue weighted by Crippen LogP contribution is 2.35. The maximum atomic E-state index is 11.3. The first kappa shape index (κ1) is 18.3. The minimum Gasteiger partial charge on any atom is -0.324 e. The van der Waals surface area contributed by atoms with Gasteiger partial charge in [-0.05, 0) is 39.5 Å². The van der Waals surface area contributed by atoms with E-state index in [-0.39, 0.29) is 6.29 Å². The Labute approximate surface area is 134 Å². The predicted octanol–water partition coefficient (Wildman–Crippen LogP) is -0.233. The van der Waals surface area contributed by atoms with Crippen LogP contribution in [0.5, 0.6) is 0 Å². The van der Waals surface area contributed by atoms with Crippen LogP contribution in [0.3, 0.4) is 0 Å². The number of rotatable bonds is 2. The van der Waals surface area contributed by atoms with Gasteiger partial charge in [0.05, 0.1) is 0 Å². The molecule has 8 heteroatoms. The molecule has 2 aliphatic rings. The van der Waals surface area contributed by atoms with Crippen molar-refractivity contribution in [1.82, 2.24) is 19.6 Å². The van der Waals surface area contributed by atoms with E-state index in [1.807, 2.05) is 4.90 Å². The minimum atomic E-state index is -3.97. The van der Waals surface area contributed by atoms with Crippen molar-refractivity contribution in [2.75, 3.05) is 78.8 Å². The second-order valence-corrected chi connectivity index (χ2v) is 8.23. The van der Waals surface area contributed by atoms with Crippen LogP contribution in [0.2, 0.25) is 0 Å². The standard InChI is InChI=1S/C14H31N4O3P/c1-15-4-2-5-17-11-10-16(9-8-15)6-3-7-18(13-12-17)14-22(19,20)21/h2-14H2,1H3,(H2,19,20,21). The molecule has 0 aromatic rings. The monoisotopic (exact) mass is 334 g/mol. The first-order valence-electron chi connectivity index (χ1n) is 8.32. The fourth-order valence-corrected chi connectivity index (χ4v) is 4.06. The summed E-state index contributed by atoms with van der Waals surface area (Å²) in [6.45, 7) is 9.98. The zero-order valence-electron chi connectivity index (χ0n) is 13.7. The van der Waals surface area contributed by atoms with Crippen molar-refractivity contribution < 1.29 is 14.4 Å². The molecule has 0 saturated carbocycles. The molecule has 0 aliphatic carbocycles. The lowest BCUT2D eigenvalue weighted by Gasteiger charge is -2.35. The topological polar surface area (TPSA) is 70.5 Å². The zero-order valence-corrected chi connectivity index (χ0v) is 14.6. The molecule has 2 N–H and O–H groups in total. The Balaban J connectivity index is 1.98.